The summed E-state index contributed by atoms with van der Waals surface area (Å²) in [6.07, 6.45) is 3.82. The van der Waals surface area contributed by atoms with Gasteiger partial charge in [-0.2, -0.15) is 5.10 Å². The van der Waals surface area contributed by atoms with Crippen LogP contribution < -0.4 is 0 Å². The summed E-state index contributed by atoms with van der Waals surface area (Å²) in [5, 5.41) is 14.2. The average molecular weight is 251 g/mol. The molecular formula is C13H21N3O2. The first-order valence-electron chi connectivity index (χ1n) is 6.47. The molecule has 1 aliphatic rings. The molecule has 0 atom stereocenters. The van der Waals surface area contributed by atoms with Gasteiger partial charge in [0.15, 0.2) is 0 Å². The van der Waals surface area contributed by atoms with Gasteiger partial charge in [-0.3, -0.25) is 9.48 Å². The molecule has 100 valence electrons. The first-order valence-corrected chi connectivity index (χ1v) is 6.47. The van der Waals surface area contributed by atoms with Gasteiger partial charge in [0, 0.05) is 26.3 Å². The monoisotopic (exact) mass is 251 g/mol. The second-order valence-corrected chi connectivity index (χ2v) is 5.31. The van der Waals surface area contributed by atoms with Crippen molar-refractivity contribution in [1.82, 2.24) is 14.7 Å². The van der Waals surface area contributed by atoms with E-state index in [9.17, 15) is 9.90 Å². The van der Waals surface area contributed by atoms with E-state index in [4.69, 9.17) is 0 Å². The first kappa shape index (κ1) is 13.1. The second-order valence-electron chi connectivity index (χ2n) is 5.31. The maximum atomic E-state index is 12.4. The number of aromatic nitrogens is 2. The third-order valence-electron chi connectivity index (χ3n) is 3.60. The van der Waals surface area contributed by atoms with Crippen LogP contribution in [0.4, 0.5) is 0 Å². The van der Waals surface area contributed by atoms with Crippen molar-refractivity contribution in [2.75, 3.05) is 13.1 Å². The van der Waals surface area contributed by atoms with Crippen LogP contribution in [-0.4, -0.2) is 44.4 Å². The van der Waals surface area contributed by atoms with Crippen LogP contribution in [0.1, 0.15) is 42.7 Å². The van der Waals surface area contributed by atoms with E-state index in [-0.39, 0.29) is 5.91 Å². The number of likely N-dealkylation sites (tertiary alicyclic amines) is 1. The Morgan fingerprint density at radius 1 is 1.50 bits per heavy atom. The number of rotatable bonds is 2. The second kappa shape index (κ2) is 4.72. The fraction of sp³-hybridized carbons (Fsp3) is 0.692. The molecule has 0 aromatic carbocycles. The summed E-state index contributed by atoms with van der Waals surface area (Å²) in [5.74, 6) is 0.0375. The number of carbonyl (C=O) groups excluding carboxylic acids is 1. The molecule has 2 heterocycles. The zero-order valence-electron chi connectivity index (χ0n) is 11.3. The minimum atomic E-state index is -0.626. The molecule has 0 saturated carbocycles. The highest BCUT2D eigenvalue weighted by atomic mass is 16.3. The number of hydrogen-bond acceptors (Lipinski definition) is 3. The maximum Gasteiger partial charge on any atom is 0.257 e. The fourth-order valence-electron chi connectivity index (χ4n) is 2.34. The summed E-state index contributed by atoms with van der Waals surface area (Å²) < 4.78 is 1.69. The lowest BCUT2D eigenvalue weighted by atomic mass is 9.93. The molecule has 2 rings (SSSR count). The van der Waals surface area contributed by atoms with Crippen LogP contribution in [0.2, 0.25) is 0 Å². The van der Waals surface area contributed by atoms with Crippen LogP contribution in [0.3, 0.4) is 0 Å². The van der Waals surface area contributed by atoms with Gasteiger partial charge in [-0.05, 0) is 26.2 Å². The molecule has 5 nitrogen and oxygen atoms in total. The van der Waals surface area contributed by atoms with Crippen LogP contribution in [0, 0.1) is 0 Å². The number of carbonyl (C=O) groups is 1. The Kier molecular flexibility index (Phi) is 3.43. The normalized spacial score (nSPS) is 19.0. The summed E-state index contributed by atoms with van der Waals surface area (Å²) in [5.41, 5.74) is 0.917. The Balaban J connectivity index is 2.12. The zero-order chi connectivity index (χ0) is 13.3. The van der Waals surface area contributed by atoms with Crippen molar-refractivity contribution in [2.24, 2.45) is 7.05 Å². The van der Waals surface area contributed by atoms with E-state index in [2.05, 4.69) is 5.10 Å². The SMILES string of the molecule is CCc1nn(C)cc1C(=O)N1CCC(C)(O)CC1. The minimum Gasteiger partial charge on any atom is -0.390 e. The number of hydrogen-bond donors (Lipinski definition) is 1. The van der Waals surface area contributed by atoms with E-state index in [1.54, 1.807) is 10.9 Å². The predicted octanol–water partition coefficient (Wildman–Crippen LogP) is 0.970. The third-order valence-corrected chi connectivity index (χ3v) is 3.60. The van der Waals surface area contributed by atoms with Crippen LogP contribution >= 0.6 is 0 Å². The van der Waals surface area contributed by atoms with Gasteiger partial charge in [0.05, 0.1) is 16.9 Å². The van der Waals surface area contributed by atoms with Crippen LogP contribution in [0.25, 0.3) is 0 Å². The summed E-state index contributed by atoms with van der Waals surface area (Å²) in [6, 6.07) is 0. The largest absolute Gasteiger partial charge is 0.390 e. The lowest BCUT2D eigenvalue weighted by Gasteiger charge is -2.35. The summed E-state index contributed by atoms with van der Waals surface area (Å²) in [7, 11) is 1.83. The van der Waals surface area contributed by atoms with Crippen LogP contribution in [0.15, 0.2) is 6.20 Å². The van der Waals surface area contributed by atoms with Gasteiger partial charge in [0.1, 0.15) is 0 Å². The van der Waals surface area contributed by atoms with Crippen molar-refractivity contribution in [3.05, 3.63) is 17.5 Å². The van der Waals surface area contributed by atoms with Crippen molar-refractivity contribution in [3.63, 3.8) is 0 Å². The molecule has 1 aromatic rings. The van der Waals surface area contributed by atoms with Gasteiger partial charge in [0.2, 0.25) is 0 Å². The van der Waals surface area contributed by atoms with E-state index in [1.165, 1.54) is 0 Å². The molecule has 5 heteroatoms. The van der Waals surface area contributed by atoms with Crippen molar-refractivity contribution >= 4 is 5.91 Å². The van der Waals surface area contributed by atoms with Crippen molar-refractivity contribution in [3.8, 4) is 0 Å². The molecular weight excluding hydrogens is 230 g/mol. The Labute approximate surface area is 107 Å². The van der Waals surface area contributed by atoms with E-state index in [1.807, 2.05) is 25.8 Å². The molecule has 0 unspecified atom stereocenters. The number of piperidine rings is 1. The predicted molar refractivity (Wildman–Crippen MR) is 68.3 cm³/mol. The number of amides is 1. The molecule has 1 amide bonds. The van der Waals surface area contributed by atoms with Gasteiger partial charge < -0.3 is 10.0 Å². The number of aliphatic hydroxyl groups is 1. The summed E-state index contributed by atoms with van der Waals surface area (Å²) >= 11 is 0. The van der Waals surface area contributed by atoms with Gasteiger partial charge in [-0.1, -0.05) is 6.92 Å². The highest BCUT2D eigenvalue weighted by Crippen LogP contribution is 2.23. The summed E-state index contributed by atoms with van der Waals surface area (Å²) in [4.78, 5) is 14.2. The molecule has 1 N–H and O–H groups in total. The van der Waals surface area contributed by atoms with Crippen molar-refractivity contribution in [2.45, 2.75) is 38.7 Å². The molecule has 1 fully saturated rings. The molecule has 0 spiro atoms. The topological polar surface area (TPSA) is 58.4 Å². The van der Waals surface area contributed by atoms with Gasteiger partial charge in [-0.25, -0.2) is 0 Å². The van der Waals surface area contributed by atoms with E-state index >= 15 is 0 Å². The summed E-state index contributed by atoms with van der Waals surface area (Å²) in [6.45, 7) is 5.06. The van der Waals surface area contributed by atoms with Crippen LogP contribution in [0.5, 0.6) is 0 Å². The maximum absolute atomic E-state index is 12.4. The molecule has 0 bridgehead atoms. The quantitative estimate of drug-likeness (QED) is 0.852. The van der Waals surface area contributed by atoms with E-state index < -0.39 is 5.60 Å². The Bertz CT molecular complexity index is 441. The zero-order valence-corrected chi connectivity index (χ0v) is 11.3. The number of aryl methyl sites for hydroxylation is 2. The average Bonchev–Trinajstić information content (AvgIpc) is 2.69. The lowest BCUT2D eigenvalue weighted by Crippen LogP contribution is -2.45. The van der Waals surface area contributed by atoms with Crippen molar-refractivity contribution in [1.29, 1.82) is 0 Å². The molecule has 0 aliphatic carbocycles. The highest BCUT2D eigenvalue weighted by molar-refractivity contribution is 5.95. The highest BCUT2D eigenvalue weighted by Gasteiger charge is 2.31. The minimum absolute atomic E-state index is 0.0375. The molecule has 18 heavy (non-hydrogen) atoms. The smallest absolute Gasteiger partial charge is 0.257 e. The molecule has 0 radical (unpaired) electrons. The van der Waals surface area contributed by atoms with Crippen LogP contribution in [-0.2, 0) is 13.5 Å². The standard InChI is InChI=1S/C13H21N3O2/c1-4-11-10(9-15(3)14-11)12(17)16-7-5-13(2,18)6-8-16/h9,18H,4-8H2,1-3H3. The molecule has 1 saturated heterocycles. The van der Waals surface area contributed by atoms with Gasteiger partial charge in [0.25, 0.3) is 5.91 Å². The first-order chi connectivity index (χ1) is 8.43. The van der Waals surface area contributed by atoms with E-state index in [0.29, 0.717) is 31.5 Å². The number of nitrogens with zero attached hydrogens (tertiary/aromatic N) is 3. The van der Waals surface area contributed by atoms with Gasteiger partial charge in [-0.15, -0.1) is 0 Å². The van der Waals surface area contributed by atoms with E-state index in [0.717, 1.165) is 12.1 Å². The fourth-order valence-corrected chi connectivity index (χ4v) is 2.34. The Hall–Kier alpha value is -1.36. The Morgan fingerprint density at radius 2 is 2.11 bits per heavy atom. The molecule has 1 aromatic heterocycles. The van der Waals surface area contributed by atoms with Gasteiger partial charge >= 0.3 is 0 Å². The Morgan fingerprint density at radius 3 is 2.67 bits per heavy atom. The lowest BCUT2D eigenvalue weighted by molar-refractivity contribution is -0.00205. The van der Waals surface area contributed by atoms with Crippen molar-refractivity contribution < 1.29 is 9.90 Å². The third kappa shape index (κ3) is 2.56. The molecule has 1 aliphatic heterocycles.